The highest BCUT2D eigenvalue weighted by Gasteiger charge is 2.13. The van der Waals surface area contributed by atoms with Crippen molar-refractivity contribution >= 4 is 0 Å². The van der Waals surface area contributed by atoms with Crippen molar-refractivity contribution < 1.29 is 0 Å². The summed E-state index contributed by atoms with van der Waals surface area (Å²) in [6, 6.07) is 0. The van der Waals surface area contributed by atoms with E-state index in [0.29, 0.717) is 0 Å². The van der Waals surface area contributed by atoms with Gasteiger partial charge in [0.05, 0.1) is 0 Å². The highest BCUT2D eigenvalue weighted by molar-refractivity contribution is 5.50. The number of rotatable bonds is 8. The van der Waals surface area contributed by atoms with E-state index in [1.165, 1.54) is 23.1 Å². The second-order valence-corrected chi connectivity index (χ2v) is 10.5. The number of benzene rings is 1. The lowest BCUT2D eigenvalue weighted by Gasteiger charge is -2.20. The first-order valence-electron chi connectivity index (χ1n) is 14.3. The van der Waals surface area contributed by atoms with E-state index in [4.69, 9.17) is 0 Å². The maximum atomic E-state index is 11.7. The summed E-state index contributed by atoms with van der Waals surface area (Å²) in [7, 11) is 0. The van der Waals surface area contributed by atoms with Gasteiger partial charge in [-0.05, 0) is 112 Å². The van der Waals surface area contributed by atoms with Gasteiger partial charge in [0.25, 0.3) is 0 Å². The molecule has 6 heteroatoms. The quantitative estimate of drug-likeness (QED) is 0.417. The lowest BCUT2D eigenvalue weighted by Crippen LogP contribution is -2.53. The van der Waals surface area contributed by atoms with Crippen LogP contribution in [0.5, 0.6) is 0 Å². The molecule has 0 spiro atoms. The lowest BCUT2D eigenvalue weighted by molar-refractivity contribution is 0.469. The molecule has 0 atom stereocenters. The maximum Gasteiger partial charge on any atom is 0.336 e. The van der Waals surface area contributed by atoms with Gasteiger partial charge in [0.2, 0.25) is 0 Å². The Morgan fingerprint density at radius 3 is 0.811 bits per heavy atom. The lowest BCUT2D eigenvalue weighted by atomic mass is 9.85. The zero-order valence-corrected chi connectivity index (χ0v) is 26.2. The van der Waals surface area contributed by atoms with Gasteiger partial charge in [0, 0.05) is 19.6 Å². The van der Waals surface area contributed by atoms with E-state index in [2.05, 4.69) is 69.2 Å². The fourth-order valence-electron chi connectivity index (χ4n) is 5.42. The van der Waals surface area contributed by atoms with E-state index in [1.54, 1.807) is 37.5 Å². The second kappa shape index (κ2) is 16.5. The minimum absolute atomic E-state index is 0.276. The van der Waals surface area contributed by atoms with Crippen molar-refractivity contribution in [2.24, 2.45) is 11.8 Å². The average molecular weight is 518 g/mol. The summed E-state index contributed by atoms with van der Waals surface area (Å²) in [4.78, 5) is 35.0. The topological polar surface area (TPSA) is 66.0 Å². The summed E-state index contributed by atoms with van der Waals surface area (Å²) in [6.07, 6.45) is 4.85. The molecule has 1 heterocycles. The number of hydrogen-bond donors (Lipinski definition) is 0. The SMILES string of the molecule is CC(C)CC(C)C.CCc1c(C)c(CC)c(C)c(CC)c1C.CCn1c(=O)n(CC)c(=O)n(CC)c1=O. The molecule has 37 heavy (non-hydrogen) atoms. The summed E-state index contributed by atoms with van der Waals surface area (Å²) in [5.74, 6) is 1.75. The first kappa shape index (κ1) is 34.6. The zero-order valence-electron chi connectivity index (χ0n) is 26.2. The molecule has 0 saturated carbocycles. The molecule has 212 valence electrons. The molecule has 0 bridgehead atoms. The Balaban J connectivity index is 0.000000563. The molecule has 0 amide bonds. The molecule has 0 unspecified atom stereocenters. The normalized spacial score (nSPS) is 10.8. The molecule has 0 radical (unpaired) electrons. The Kier molecular flexibility index (Phi) is 15.4. The van der Waals surface area contributed by atoms with Crippen LogP contribution in [-0.4, -0.2) is 13.7 Å². The van der Waals surface area contributed by atoms with Crippen molar-refractivity contribution in [3.8, 4) is 0 Å². The fraction of sp³-hybridized carbons (Fsp3) is 0.710. The van der Waals surface area contributed by atoms with Gasteiger partial charge in [0.15, 0.2) is 0 Å². The van der Waals surface area contributed by atoms with Crippen molar-refractivity contribution in [1.29, 1.82) is 0 Å². The number of aromatic nitrogens is 3. The van der Waals surface area contributed by atoms with Gasteiger partial charge >= 0.3 is 17.1 Å². The third-order valence-electron chi connectivity index (χ3n) is 7.05. The van der Waals surface area contributed by atoms with Gasteiger partial charge < -0.3 is 0 Å². The van der Waals surface area contributed by atoms with Crippen LogP contribution >= 0.6 is 0 Å². The Morgan fingerprint density at radius 1 is 0.486 bits per heavy atom. The third kappa shape index (κ3) is 8.86. The van der Waals surface area contributed by atoms with Crippen LogP contribution in [0, 0.1) is 32.6 Å². The predicted octanol–water partition coefficient (Wildman–Crippen LogP) is 6.22. The number of nitrogens with zero attached hydrogens (tertiary/aromatic N) is 3. The van der Waals surface area contributed by atoms with Crippen LogP contribution in [0.15, 0.2) is 14.4 Å². The van der Waals surface area contributed by atoms with Gasteiger partial charge in [-0.1, -0.05) is 48.5 Å². The van der Waals surface area contributed by atoms with E-state index in [1.807, 2.05) is 0 Å². The molecule has 0 fully saturated rings. The molecule has 1 aromatic carbocycles. The minimum atomic E-state index is -0.528. The van der Waals surface area contributed by atoms with Crippen molar-refractivity contribution in [2.45, 2.75) is 135 Å². The fourth-order valence-corrected chi connectivity index (χ4v) is 5.42. The Morgan fingerprint density at radius 2 is 0.703 bits per heavy atom. The second-order valence-electron chi connectivity index (χ2n) is 10.5. The molecule has 0 aliphatic heterocycles. The molecule has 0 aliphatic carbocycles. The molecule has 2 rings (SSSR count). The van der Waals surface area contributed by atoms with Crippen LogP contribution in [0.1, 0.15) is 109 Å². The van der Waals surface area contributed by atoms with Crippen LogP contribution in [0.4, 0.5) is 0 Å². The third-order valence-corrected chi connectivity index (χ3v) is 7.05. The van der Waals surface area contributed by atoms with E-state index >= 15 is 0 Å². The molecule has 1 aromatic heterocycles. The van der Waals surface area contributed by atoms with Crippen molar-refractivity contribution in [3.63, 3.8) is 0 Å². The smallest absolute Gasteiger partial charge is 0.247 e. The molecule has 0 saturated heterocycles. The van der Waals surface area contributed by atoms with Gasteiger partial charge in [0.1, 0.15) is 0 Å². The van der Waals surface area contributed by atoms with Crippen LogP contribution in [0.3, 0.4) is 0 Å². The first-order valence-corrected chi connectivity index (χ1v) is 14.3. The molecule has 0 aliphatic rings. The van der Waals surface area contributed by atoms with Crippen LogP contribution < -0.4 is 17.1 Å². The molecular weight excluding hydrogens is 462 g/mol. The number of hydrogen-bond acceptors (Lipinski definition) is 3. The summed E-state index contributed by atoms with van der Waals surface area (Å²) < 4.78 is 3.19. The molecule has 0 N–H and O–H groups in total. The summed E-state index contributed by atoms with van der Waals surface area (Å²) >= 11 is 0. The van der Waals surface area contributed by atoms with Crippen molar-refractivity contribution in [2.75, 3.05) is 0 Å². The first-order chi connectivity index (χ1) is 17.3. The van der Waals surface area contributed by atoms with Gasteiger partial charge in [-0.15, -0.1) is 0 Å². The highest BCUT2D eigenvalue weighted by Crippen LogP contribution is 2.28. The minimum Gasteiger partial charge on any atom is -0.247 e. The zero-order chi connectivity index (χ0) is 29.0. The van der Waals surface area contributed by atoms with Gasteiger partial charge in [-0.3, -0.25) is 0 Å². The standard InChI is InChI=1S/C15H24.C9H15N3O3.C7H16/c1-7-13-10(4)14(8-2)12(6)15(9-3)11(13)5;1-4-10-7(13)11(5-2)9(15)12(6-3)8(10)14;1-6(2)5-7(3)4/h7-9H2,1-6H3;4-6H2,1-3H3;6-7H,5H2,1-4H3. The molecular formula is C31H55N3O3. The summed E-state index contributed by atoms with van der Waals surface area (Å²) in [6.45, 7) is 28.7. The summed E-state index contributed by atoms with van der Waals surface area (Å²) in [5.41, 5.74) is 7.75. The molecule has 2 aromatic rings. The monoisotopic (exact) mass is 517 g/mol. The van der Waals surface area contributed by atoms with Gasteiger partial charge in [-0.25, -0.2) is 28.1 Å². The van der Waals surface area contributed by atoms with Crippen LogP contribution in [0.2, 0.25) is 0 Å². The Labute approximate surface area is 225 Å². The largest absolute Gasteiger partial charge is 0.336 e. The highest BCUT2D eigenvalue weighted by atomic mass is 16.2. The van der Waals surface area contributed by atoms with E-state index < -0.39 is 17.1 Å². The summed E-state index contributed by atoms with van der Waals surface area (Å²) in [5, 5.41) is 0. The van der Waals surface area contributed by atoms with Crippen molar-refractivity contribution in [1.82, 2.24) is 13.7 Å². The maximum absolute atomic E-state index is 11.7. The predicted molar refractivity (Wildman–Crippen MR) is 159 cm³/mol. The van der Waals surface area contributed by atoms with E-state index in [9.17, 15) is 14.4 Å². The Bertz CT molecular complexity index is 973. The average Bonchev–Trinajstić information content (AvgIpc) is 2.81. The molecule has 6 nitrogen and oxygen atoms in total. The van der Waals surface area contributed by atoms with E-state index in [0.717, 1.165) is 44.8 Å². The Hall–Kier alpha value is -2.37. The van der Waals surface area contributed by atoms with Crippen molar-refractivity contribution in [3.05, 3.63) is 64.8 Å². The van der Waals surface area contributed by atoms with E-state index in [-0.39, 0.29) is 19.6 Å². The van der Waals surface area contributed by atoms with Gasteiger partial charge in [-0.2, -0.15) is 0 Å². The van der Waals surface area contributed by atoms with Crippen LogP contribution in [0.25, 0.3) is 0 Å². The van der Waals surface area contributed by atoms with Crippen LogP contribution in [-0.2, 0) is 38.9 Å².